The van der Waals surface area contributed by atoms with Crippen molar-refractivity contribution in [1.82, 2.24) is 20.3 Å². The van der Waals surface area contributed by atoms with Crippen molar-refractivity contribution in [3.8, 4) is 11.4 Å². The number of para-hydroxylation sites is 1. The smallest absolute Gasteiger partial charge is 0.237 e. The number of nitrogens with zero attached hydrogens (tertiary/aromatic N) is 4. The van der Waals surface area contributed by atoms with Crippen molar-refractivity contribution in [3.63, 3.8) is 0 Å². The van der Waals surface area contributed by atoms with Crippen molar-refractivity contribution in [2.45, 2.75) is 17.0 Å². The molecular formula is C18H15N5OS2. The first-order valence-electron chi connectivity index (χ1n) is 7.95. The molecule has 130 valence electrons. The van der Waals surface area contributed by atoms with E-state index in [4.69, 9.17) is 4.52 Å². The third-order valence-corrected chi connectivity index (χ3v) is 5.57. The number of hydrogen-bond donors (Lipinski definition) is 1. The Kier molecular flexibility index (Phi) is 4.94. The quantitative estimate of drug-likeness (QED) is 0.474. The second kappa shape index (κ2) is 7.67. The van der Waals surface area contributed by atoms with Gasteiger partial charge in [-0.3, -0.25) is 0 Å². The fourth-order valence-electron chi connectivity index (χ4n) is 2.29. The molecule has 0 saturated heterocycles. The lowest BCUT2D eigenvalue weighted by Gasteiger charge is -2.04. The summed E-state index contributed by atoms with van der Waals surface area (Å²) in [7, 11) is 0. The van der Waals surface area contributed by atoms with Gasteiger partial charge in [0, 0.05) is 11.3 Å². The molecule has 0 aliphatic heterocycles. The van der Waals surface area contributed by atoms with Gasteiger partial charge >= 0.3 is 0 Å². The third-order valence-electron chi connectivity index (χ3n) is 3.61. The lowest BCUT2D eigenvalue weighted by molar-refractivity contribution is 0.391. The van der Waals surface area contributed by atoms with Gasteiger partial charge in [-0.05, 0) is 18.6 Å². The van der Waals surface area contributed by atoms with Crippen molar-refractivity contribution in [2.24, 2.45) is 0 Å². The predicted molar refractivity (Wildman–Crippen MR) is 104 cm³/mol. The van der Waals surface area contributed by atoms with E-state index in [0.717, 1.165) is 26.3 Å². The molecular weight excluding hydrogens is 366 g/mol. The Hall–Kier alpha value is -2.71. The minimum absolute atomic E-state index is 0.554. The minimum Gasteiger partial charge on any atom is -0.338 e. The summed E-state index contributed by atoms with van der Waals surface area (Å²) in [6, 6.07) is 17.8. The highest BCUT2D eigenvalue weighted by Crippen LogP contribution is 2.30. The SMILES string of the molecule is Cc1ccccc1Nc1nnc(SCc2nc(-c3ccccc3)no2)s1. The fourth-order valence-corrected chi connectivity index (χ4v) is 3.89. The average Bonchev–Trinajstić information content (AvgIpc) is 3.32. The first-order chi connectivity index (χ1) is 12.8. The highest BCUT2D eigenvalue weighted by molar-refractivity contribution is 8.00. The highest BCUT2D eigenvalue weighted by atomic mass is 32.2. The minimum atomic E-state index is 0.554. The second-order valence-electron chi connectivity index (χ2n) is 5.48. The average molecular weight is 381 g/mol. The van der Waals surface area contributed by atoms with Gasteiger partial charge in [0.15, 0.2) is 4.34 Å². The van der Waals surface area contributed by atoms with E-state index in [2.05, 4.69) is 38.6 Å². The molecule has 0 aliphatic carbocycles. The van der Waals surface area contributed by atoms with Crippen LogP contribution in [0.4, 0.5) is 10.8 Å². The van der Waals surface area contributed by atoms with Gasteiger partial charge in [0.25, 0.3) is 0 Å². The van der Waals surface area contributed by atoms with Crippen LogP contribution < -0.4 is 5.32 Å². The van der Waals surface area contributed by atoms with Gasteiger partial charge in [-0.15, -0.1) is 10.2 Å². The zero-order valence-corrected chi connectivity index (χ0v) is 15.5. The molecule has 0 amide bonds. The Labute approximate surface area is 158 Å². The van der Waals surface area contributed by atoms with Crippen molar-refractivity contribution >= 4 is 33.9 Å². The molecule has 2 aromatic carbocycles. The van der Waals surface area contributed by atoms with Gasteiger partial charge in [-0.25, -0.2) is 0 Å². The number of thioether (sulfide) groups is 1. The first kappa shape index (κ1) is 16.7. The van der Waals surface area contributed by atoms with Gasteiger partial charge in [0.1, 0.15) is 0 Å². The fraction of sp³-hybridized carbons (Fsp3) is 0.111. The molecule has 4 aromatic rings. The molecule has 0 radical (unpaired) electrons. The van der Waals surface area contributed by atoms with Gasteiger partial charge in [-0.1, -0.05) is 76.8 Å². The Morgan fingerprint density at radius 2 is 1.85 bits per heavy atom. The summed E-state index contributed by atoms with van der Waals surface area (Å²) in [5, 5.41) is 16.5. The van der Waals surface area contributed by atoms with Gasteiger partial charge in [0.2, 0.25) is 16.8 Å². The maximum atomic E-state index is 5.32. The van der Waals surface area contributed by atoms with Crippen LogP contribution in [0.2, 0.25) is 0 Å². The molecule has 26 heavy (non-hydrogen) atoms. The second-order valence-corrected chi connectivity index (χ2v) is 7.68. The van der Waals surface area contributed by atoms with E-state index in [1.165, 1.54) is 23.1 Å². The van der Waals surface area contributed by atoms with E-state index in [1.54, 1.807) is 0 Å². The number of benzene rings is 2. The van der Waals surface area contributed by atoms with Crippen molar-refractivity contribution in [3.05, 3.63) is 66.1 Å². The molecule has 0 spiro atoms. The maximum Gasteiger partial charge on any atom is 0.237 e. The van der Waals surface area contributed by atoms with Crippen LogP contribution in [0.25, 0.3) is 11.4 Å². The standard InChI is InChI=1S/C18H15N5OS2/c1-12-7-5-6-10-14(12)19-17-21-22-18(26-17)25-11-15-20-16(23-24-15)13-8-3-2-4-9-13/h2-10H,11H2,1H3,(H,19,21). The summed E-state index contributed by atoms with van der Waals surface area (Å²) < 4.78 is 6.17. The number of aryl methyl sites for hydroxylation is 1. The maximum absolute atomic E-state index is 5.32. The van der Waals surface area contributed by atoms with E-state index in [1.807, 2.05) is 48.5 Å². The summed E-state index contributed by atoms with van der Waals surface area (Å²) in [4.78, 5) is 4.42. The predicted octanol–water partition coefficient (Wildman–Crippen LogP) is 4.93. The van der Waals surface area contributed by atoms with Crippen LogP contribution in [0, 0.1) is 6.92 Å². The van der Waals surface area contributed by atoms with Crippen LogP contribution in [0.5, 0.6) is 0 Å². The normalized spacial score (nSPS) is 10.8. The molecule has 4 rings (SSSR count). The van der Waals surface area contributed by atoms with Crippen LogP contribution in [-0.2, 0) is 5.75 Å². The number of nitrogens with one attached hydrogen (secondary N) is 1. The molecule has 2 aromatic heterocycles. The summed E-state index contributed by atoms with van der Waals surface area (Å²) in [6.07, 6.45) is 0. The van der Waals surface area contributed by atoms with Gasteiger partial charge in [0.05, 0.1) is 5.75 Å². The van der Waals surface area contributed by atoms with Crippen LogP contribution in [0.3, 0.4) is 0 Å². The molecule has 0 aliphatic rings. The molecule has 1 N–H and O–H groups in total. The zero-order valence-electron chi connectivity index (χ0n) is 13.9. The Balaban J connectivity index is 1.38. The zero-order chi connectivity index (χ0) is 17.8. The number of anilines is 2. The van der Waals surface area contributed by atoms with Gasteiger partial charge in [-0.2, -0.15) is 4.98 Å². The summed E-state index contributed by atoms with van der Waals surface area (Å²) in [5.74, 6) is 1.72. The monoisotopic (exact) mass is 381 g/mol. The Morgan fingerprint density at radius 1 is 1.04 bits per heavy atom. The first-order valence-corrected chi connectivity index (χ1v) is 9.75. The van der Waals surface area contributed by atoms with Crippen LogP contribution in [-0.4, -0.2) is 20.3 Å². The van der Waals surface area contributed by atoms with E-state index < -0.39 is 0 Å². The van der Waals surface area contributed by atoms with Gasteiger partial charge < -0.3 is 9.84 Å². The lowest BCUT2D eigenvalue weighted by atomic mass is 10.2. The number of hydrogen-bond acceptors (Lipinski definition) is 8. The molecule has 2 heterocycles. The van der Waals surface area contributed by atoms with Crippen molar-refractivity contribution in [2.75, 3.05) is 5.32 Å². The molecule has 0 unspecified atom stereocenters. The van der Waals surface area contributed by atoms with E-state index in [9.17, 15) is 0 Å². The number of rotatable bonds is 6. The van der Waals surface area contributed by atoms with E-state index >= 15 is 0 Å². The lowest BCUT2D eigenvalue weighted by Crippen LogP contribution is -1.91. The highest BCUT2D eigenvalue weighted by Gasteiger charge is 2.11. The topological polar surface area (TPSA) is 76.7 Å². The molecule has 0 fully saturated rings. The molecule has 0 atom stereocenters. The van der Waals surface area contributed by atoms with Crippen LogP contribution in [0.1, 0.15) is 11.5 Å². The molecule has 6 nitrogen and oxygen atoms in total. The van der Waals surface area contributed by atoms with Crippen LogP contribution >= 0.6 is 23.1 Å². The van der Waals surface area contributed by atoms with Crippen LogP contribution in [0.15, 0.2) is 63.5 Å². The third kappa shape index (κ3) is 3.92. The molecule has 8 heteroatoms. The summed E-state index contributed by atoms with van der Waals surface area (Å²) >= 11 is 3.02. The van der Waals surface area contributed by atoms with E-state index in [0.29, 0.717) is 17.5 Å². The van der Waals surface area contributed by atoms with E-state index in [-0.39, 0.29) is 0 Å². The largest absolute Gasteiger partial charge is 0.338 e. The Morgan fingerprint density at radius 3 is 2.69 bits per heavy atom. The summed E-state index contributed by atoms with van der Waals surface area (Å²) in [5.41, 5.74) is 3.13. The Bertz CT molecular complexity index is 1000. The van der Waals surface area contributed by atoms with Crippen molar-refractivity contribution in [1.29, 1.82) is 0 Å². The number of aromatic nitrogens is 4. The van der Waals surface area contributed by atoms with Crippen molar-refractivity contribution < 1.29 is 4.52 Å². The molecule has 0 bridgehead atoms. The molecule has 0 saturated carbocycles. The summed E-state index contributed by atoms with van der Waals surface area (Å²) in [6.45, 7) is 2.05.